The number of anilines is 1. The van der Waals surface area contributed by atoms with Crippen molar-refractivity contribution < 1.29 is 13.5 Å². The van der Waals surface area contributed by atoms with Gasteiger partial charge in [-0.1, -0.05) is 0 Å². The Hall–Kier alpha value is -1.95. The first-order chi connectivity index (χ1) is 9.65. The minimum Gasteiger partial charge on any atom is -0.382 e. The second kappa shape index (κ2) is 5.20. The van der Waals surface area contributed by atoms with Gasteiger partial charge < -0.3 is 10.5 Å². The number of nitrogen functional groups attached to an aromatic ring is 1. The molecule has 0 atom stereocenters. The van der Waals surface area contributed by atoms with Crippen LogP contribution in [0.25, 0.3) is 11.1 Å². The second-order valence-electron chi connectivity index (χ2n) is 4.94. The molecule has 1 aliphatic heterocycles. The second-order valence-corrected chi connectivity index (χ2v) is 4.94. The summed E-state index contributed by atoms with van der Waals surface area (Å²) in [7, 11) is 0. The molecule has 6 heteroatoms. The SMILES string of the molecule is Nc1n[nH]c(C2CCOCC2)c1-c1cc(F)cc(F)c1. The molecule has 1 aromatic heterocycles. The zero-order valence-electron chi connectivity index (χ0n) is 10.8. The fraction of sp³-hybridized carbons (Fsp3) is 0.357. The van der Waals surface area contributed by atoms with Gasteiger partial charge in [0.2, 0.25) is 0 Å². The van der Waals surface area contributed by atoms with E-state index in [1.165, 1.54) is 12.1 Å². The van der Waals surface area contributed by atoms with Crippen LogP contribution in [0.4, 0.5) is 14.6 Å². The molecule has 3 rings (SSSR count). The lowest BCUT2D eigenvalue weighted by Crippen LogP contribution is -2.15. The first-order valence-corrected chi connectivity index (χ1v) is 6.53. The molecule has 106 valence electrons. The Labute approximate surface area is 114 Å². The van der Waals surface area contributed by atoms with E-state index in [2.05, 4.69) is 10.2 Å². The number of halogens is 2. The average Bonchev–Trinajstić information content (AvgIpc) is 2.80. The standard InChI is InChI=1S/C14H15F2N3O/c15-10-5-9(6-11(16)7-10)12-13(18-19-14(12)17)8-1-3-20-4-2-8/h5-8H,1-4H2,(H3,17,18,19). The predicted octanol–water partition coefficient (Wildman–Crippen LogP) is 2.83. The van der Waals surface area contributed by atoms with Crippen LogP contribution < -0.4 is 5.73 Å². The van der Waals surface area contributed by atoms with Crippen molar-refractivity contribution in [2.24, 2.45) is 0 Å². The van der Waals surface area contributed by atoms with Gasteiger partial charge in [-0.15, -0.1) is 0 Å². The van der Waals surface area contributed by atoms with E-state index in [9.17, 15) is 8.78 Å². The minimum atomic E-state index is -0.626. The predicted molar refractivity (Wildman–Crippen MR) is 71.1 cm³/mol. The molecule has 1 aromatic carbocycles. The molecule has 1 fully saturated rings. The molecular formula is C14H15F2N3O. The number of rotatable bonds is 2. The molecule has 0 amide bonds. The molecule has 0 unspecified atom stereocenters. The van der Waals surface area contributed by atoms with Crippen LogP contribution in [0.5, 0.6) is 0 Å². The van der Waals surface area contributed by atoms with E-state index in [-0.39, 0.29) is 11.7 Å². The van der Waals surface area contributed by atoms with Crippen molar-refractivity contribution >= 4 is 5.82 Å². The summed E-state index contributed by atoms with van der Waals surface area (Å²) in [5.74, 6) is -0.775. The Kier molecular flexibility index (Phi) is 3.40. The molecule has 4 nitrogen and oxygen atoms in total. The van der Waals surface area contributed by atoms with E-state index >= 15 is 0 Å². The molecule has 0 bridgehead atoms. The molecule has 0 spiro atoms. The van der Waals surface area contributed by atoms with Crippen LogP contribution in [0.1, 0.15) is 24.5 Å². The number of ether oxygens (including phenoxy) is 1. The summed E-state index contributed by atoms with van der Waals surface area (Å²) in [6.45, 7) is 1.33. The number of hydrogen-bond donors (Lipinski definition) is 2. The van der Waals surface area contributed by atoms with Crippen LogP contribution in [-0.4, -0.2) is 23.4 Å². The Morgan fingerprint density at radius 3 is 2.45 bits per heavy atom. The summed E-state index contributed by atoms with van der Waals surface area (Å²) in [5.41, 5.74) is 7.70. The van der Waals surface area contributed by atoms with E-state index in [4.69, 9.17) is 10.5 Å². The summed E-state index contributed by atoms with van der Waals surface area (Å²) >= 11 is 0. The van der Waals surface area contributed by atoms with Crippen molar-refractivity contribution in [3.8, 4) is 11.1 Å². The Morgan fingerprint density at radius 2 is 1.80 bits per heavy atom. The molecule has 20 heavy (non-hydrogen) atoms. The largest absolute Gasteiger partial charge is 0.382 e. The van der Waals surface area contributed by atoms with Gasteiger partial charge in [-0.25, -0.2) is 8.78 Å². The van der Waals surface area contributed by atoms with Gasteiger partial charge in [-0.3, -0.25) is 5.10 Å². The van der Waals surface area contributed by atoms with Gasteiger partial charge in [-0.05, 0) is 30.5 Å². The summed E-state index contributed by atoms with van der Waals surface area (Å²) in [6, 6.07) is 3.38. The van der Waals surface area contributed by atoms with Crippen LogP contribution in [-0.2, 0) is 4.74 Å². The third-order valence-electron chi connectivity index (χ3n) is 3.60. The summed E-state index contributed by atoms with van der Waals surface area (Å²) < 4.78 is 32.1. The molecule has 1 aliphatic rings. The molecular weight excluding hydrogens is 264 g/mol. The lowest BCUT2D eigenvalue weighted by Gasteiger charge is -2.22. The number of nitrogens with zero attached hydrogens (tertiary/aromatic N) is 1. The van der Waals surface area contributed by atoms with Crippen molar-refractivity contribution in [3.05, 3.63) is 35.5 Å². The number of nitrogens with one attached hydrogen (secondary N) is 1. The topological polar surface area (TPSA) is 63.9 Å². The quantitative estimate of drug-likeness (QED) is 0.888. The maximum absolute atomic E-state index is 13.4. The highest BCUT2D eigenvalue weighted by atomic mass is 19.1. The van der Waals surface area contributed by atoms with Crippen LogP contribution in [0.3, 0.4) is 0 Å². The zero-order valence-corrected chi connectivity index (χ0v) is 10.8. The highest BCUT2D eigenvalue weighted by molar-refractivity contribution is 5.76. The Morgan fingerprint density at radius 1 is 1.15 bits per heavy atom. The molecule has 2 aromatic rings. The van der Waals surface area contributed by atoms with Crippen molar-refractivity contribution in [1.29, 1.82) is 0 Å². The van der Waals surface area contributed by atoms with Gasteiger partial charge in [0.1, 0.15) is 11.6 Å². The first-order valence-electron chi connectivity index (χ1n) is 6.53. The number of aromatic nitrogens is 2. The smallest absolute Gasteiger partial charge is 0.153 e. The molecule has 2 heterocycles. The van der Waals surface area contributed by atoms with Crippen molar-refractivity contribution in [2.45, 2.75) is 18.8 Å². The van der Waals surface area contributed by atoms with Crippen molar-refractivity contribution in [2.75, 3.05) is 18.9 Å². The van der Waals surface area contributed by atoms with Crippen LogP contribution >= 0.6 is 0 Å². The van der Waals surface area contributed by atoms with Gasteiger partial charge in [0.15, 0.2) is 5.82 Å². The number of H-pyrrole nitrogens is 1. The summed E-state index contributed by atoms with van der Waals surface area (Å²) in [5, 5.41) is 6.90. The average molecular weight is 279 g/mol. The zero-order chi connectivity index (χ0) is 14.1. The van der Waals surface area contributed by atoms with E-state index in [0.717, 1.165) is 24.6 Å². The normalized spacial score (nSPS) is 16.5. The minimum absolute atomic E-state index is 0.217. The maximum atomic E-state index is 13.4. The maximum Gasteiger partial charge on any atom is 0.153 e. The lowest BCUT2D eigenvalue weighted by molar-refractivity contribution is 0.0846. The molecule has 1 saturated heterocycles. The number of aromatic amines is 1. The van der Waals surface area contributed by atoms with Crippen LogP contribution in [0.15, 0.2) is 18.2 Å². The number of nitrogens with two attached hydrogens (primary N) is 1. The molecule has 0 aliphatic carbocycles. The van der Waals surface area contributed by atoms with Gasteiger partial charge in [0.05, 0.1) is 0 Å². The monoisotopic (exact) mass is 279 g/mol. The first kappa shape index (κ1) is 13.1. The number of benzene rings is 1. The van der Waals surface area contributed by atoms with Crippen molar-refractivity contribution in [3.63, 3.8) is 0 Å². The molecule has 0 radical (unpaired) electrons. The van der Waals surface area contributed by atoms with Crippen LogP contribution in [0, 0.1) is 11.6 Å². The lowest BCUT2D eigenvalue weighted by atomic mass is 9.91. The third kappa shape index (κ3) is 2.38. The Bertz CT molecular complexity index is 601. The van der Waals surface area contributed by atoms with Crippen molar-refractivity contribution in [1.82, 2.24) is 10.2 Å². The Balaban J connectivity index is 2.06. The van der Waals surface area contributed by atoms with E-state index in [1.807, 2.05) is 0 Å². The van der Waals surface area contributed by atoms with Gasteiger partial charge in [0.25, 0.3) is 0 Å². The van der Waals surface area contributed by atoms with Gasteiger partial charge in [0, 0.05) is 36.5 Å². The summed E-state index contributed by atoms with van der Waals surface area (Å²) in [4.78, 5) is 0. The van der Waals surface area contributed by atoms with Gasteiger partial charge in [-0.2, -0.15) is 5.10 Å². The van der Waals surface area contributed by atoms with Gasteiger partial charge >= 0.3 is 0 Å². The van der Waals surface area contributed by atoms with E-state index in [0.29, 0.717) is 24.3 Å². The van der Waals surface area contributed by atoms with Crippen LogP contribution in [0.2, 0.25) is 0 Å². The van der Waals surface area contributed by atoms with E-state index in [1.54, 1.807) is 0 Å². The number of hydrogen-bond acceptors (Lipinski definition) is 3. The molecule has 0 saturated carbocycles. The third-order valence-corrected chi connectivity index (χ3v) is 3.60. The van der Waals surface area contributed by atoms with E-state index < -0.39 is 11.6 Å². The highest BCUT2D eigenvalue weighted by Crippen LogP contribution is 2.37. The fourth-order valence-corrected chi connectivity index (χ4v) is 2.65. The molecule has 3 N–H and O–H groups in total. The highest BCUT2D eigenvalue weighted by Gasteiger charge is 2.24. The fourth-order valence-electron chi connectivity index (χ4n) is 2.65. The summed E-state index contributed by atoms with van der Waals surface area (Å²) in [6.07, 6.45) is 1.68.